The van der Waals surface area contributed by atoms with Crippen LogP contribution in [0.4, 0.5) is 0 Å². The first-order chi connectivity index (χ1) is 12.0. The molecule has 132 valence electrons. The summed E-state index contributed by atoms with van der Waals surface area (Å²) < 4.78 is 0.858. The Balaban J connectivity index is 1.58. The summed E-state index contributed by atoms with van der Waals surface area (Å²) in [5.41, 5.74) is 1.60. The molecule has 0 radical (unpaired) electrons. The first kappa shape index (κ1) is 18.1. The molecule has 1 aromatic carbocycles. The van der Waals surface area contributed by atoms with Gasteiger partial charge >= 0.3 is 0 Å². The van der Waals surface area contributed by atoms with Crippen LogP contribution in [-0.2, 0) is 11.2 Å². The average Bonchev–Trinajstić information content (AvgIpc) is 3.23. The molecule has 3 rings (SSSR count). The van der Waals surface area contributed by atoms with Gasteiger partial charge in [-0.25, -0.2) is 4.98 Å². The zero-order valence-electron chi connectivity index (χ0n) is 14.0. The molecule has 25 heavy (non-hydrogen) atoms. The van der Waals surface area contributed by atoms with Crippen molar-refractivity contribution in [3.8, 4) is 0 Å². The van der Waals surface area contributed by atoms with Gasteiger partial charge in [-0.3, -0.25) is 9.59 Å². The van der Waals surface area contributed by atoms with Crippen LogP contribution in [0.1, 0.15) is 33.9 Å². The van der Waals surface area contributed by atoms with Crippen LogP contribution in [0, 0.1) is 6.92 Å². The van der Waals surface area contributed by atoms with Crippen molar-refractivity contribution in [3.05, 3.63) is 50.4 Å². The third kappa shape index (κ3) is 4.46. The smallest absolute Gasteiger partial charge is 0.254 e. The Kier molecular flexibility index (Phi) is 5.86. The molecule has 1 saturated heterocycles. The number of halogens is 1. The monoisotopic (exact) mass is 421 g/mol. The van der Waals surface area contributed by atoms with Crippen molar-refractivity contribution in [2.45, 2.75) is 32.2 Å². The maximum Gasteiger partial charge on any atom is 0.254 e. The number of hydrogen-bond acceptors (Lipinski definition) is 4. The number of aromatic nitrogens is 1. The molecule has 2 heterocycles. The number of carbonyl (C=O) groups excluding carboxylic acids is 2. The van der Waals surface area contributed by atoms with Gasteiger partial charge in [0.05, 0.1) is 10.7 Å². The summed E-state index contributed by atoms with van der Waals surface area (Å²) in [4.78, 5) is 31.3. The van der Waals surface area contributed by atoms with Crippen LogP contribution in [0.2, 0.25) is 0 Å². The van der Waals surface area contributed by atoms with Crippen molar-refractivity contribution >= 4 is 39.1 Å². The molecule has 0 aliphatic carbocycles. The fraction of sp³-hybridized carbons (Fsp3) is 0.389. The third-order valence-electron chi connectivity index (χ3n) is 4.23. The molecule has 2 aromatic rings. The summed E-state index contributed by atoms with van der Waals surface area (Å²) in [7, 11) is 0. The van der Waals surface area contributed by atoms with E-state index in [9.17, 15) is 9.59 Å². The van der Waals surface area contributed by atoms with Gasteiger partial charge in [-0.1, -0.05) is 22.0 Å². The molecular weight excluding hydrogens is 402 g/mol. The largest absolute Gasteiger partial charge is 0.354 e. The Bertz CT molecular complexity index is 777. The minimum atomic E-state index is -0.386. The minimum absolute atomic E-state index is 0.0761. The molecule has 1 unspecified atom stereocenters. The van der Waals surface area contributed by atoms with Gasteiger partial charge in [0.25, 0.3) is 5.91 Å². The number of nitrogens with zero attached hydrogens (tertiary/aromatic N) is 2. The summed E-state index contributed by atoms with van der Waals surface area (Å²) in [5.74, 6) is -0.165. The van der Waals surface area contributed by atoms with Crippen LogP contribution in [0.15, 0.2) is 34.1 Å². The van der Waals surface area contributed by atoms with Crippen molar-refractivity contribution < 1.29 is 9.59 Å². The van der Waals surface area contributed by atoms with Gasteiger partial charge in [0.15, 0.2) is 0 Å². The van der Waals surface area contributed by atoms with E-state index in [-0.39, 0.29) is 17.9 Å². The minimum Gasteiger partial charge on any atom is -0.354 e. The maximum atomic E-state index is 12.7. The van der Waals surface area contributed by atoms with Crippen molar-refractivity contribution in [1.82, 2.24) is 15.2 Å². The number of thiazole rings is 1. The number of benzene rings is 1. The molecule has 2 amide bonds. The van der Waals surface area contributed by atoms with Gasteiger partial charge in [-0.2, -0.15) is 0 Å². The van der Waals surface area contributed by atoms with Crippen LogP contribution in [-0.4, -0.2) is 40.8 Å². The lowest BCUT2D eigenvalue weighted by atomic mass is 10.1. The third-order valence-corrected chi connectivity index (χ3v) is 5.55. The molecule has 5 nitrogen and oxygen atoms in total. The predicted octanol–water partition coefficient (Wildman–Crippen LogP) is 3.18. The molecule has 1 aliphatic heterocycles. The topological polar surface area (TPSA) is 62.3 Å². The molecule has 0 saturated carbocycles. The van der Waals surface area contributed by atoms with Crippen LogP contribution in [0.3, 0.4) is 0 Å². The second-order valence-electron chi connectivity index (χ2n) is 6.07. The Morgan fingerprint density at radius 2 is 2.28 bits per heavy atom. The van der Waals surface area contributed by atoms with E-state index in [0.717, 1.165) is 21.6 Å². The van der Waals surface area contributed by atoms with Gasteiger partial charge in [-0.05, 0) is 38.0 Å². The Labute approximate surface area is 159 Å². The van der Waals surface area contributed by atoms with Gasteiger partial charge in [0.2, 0.25) is 5.91 Å². The molecule has 1 atom stereocenters. The SMILES string of the molecule is Cc1nc(CCNC(=O)C2CCCN2C(=O)c2cccc(Br)c2)cs1. The lowest BCUT2D eigenvalue weighted by molar-refractivity contribution is -0.124. The Hall–Kier alpha value is -1.73. The predicted molar refractivity (Wildman–Crippen MR) is 102 cm³/mol. The van der Waals surface area contributed by atoms with Crippen molar-refractivity contribution in [1.29, 1.82) is 0 Å². The standard InChI is InChI=1S/C18H20BrN3O2S/c1-12-21-15(11-25-12)7-8-20-17(23)16-6-3-9-22(16)18(24)13-4-2-5-14(19)10-13/h2,4-5,10-11,16H,3,6-9H2,1H3,(H,20,23). The molecule has 7 heteroatoms. The van der Waals surface area contributed by atoms with E-state index in [2.05, 4.69) is 26.2 Å². The number of likely N-dealkylation sites (tertiary alicyclic amines) is 1. The molecule has 1 aromatic heterocycles. The number of rotatable bonds is 5. The number of aryl methyl sites for hydroxylation is 1. The maximum absolute atomic E-state index is 12.7. The summed E-state index contributed by atoms with van der Waals surface area (Å²) in [6, 6.07) is 6.90. The number of amides is 2. The van der Waals surface area contributed by atoms with Crippen LogP contribution in [0.5, 0.6) is 0 Å². The highest BCUT2D eigenvalue weighted by molar-refractivity contribution is 9.10. The first-order valence-electron chi connectivity index (χ1n) is 8.30. The quantitative estimate of drug-likeness (QED) is 0.805. The van der Waals surface area contributed by atoms with Crippen LogP contribution >= 0.6 is 27.3 Å². The van der Waals surface area contributed by atoms with Gasteiger partial charge in [-0.15, -0.1) is 11.3 Å². The first-order valence-corrected chi connectivity index (χ1v) is 9.97. The zero-order valence-corrected chi connectivity index (χ0v) is 16.4. The summed E-state index contributed by atoms with van der Waals surface area (Å²) in [6.45, 7) is 3.13. The lowest BCUT2D eigenvalue weighted by Gasteiger charge is -2.24. The van der Waals surface area contributed by atoms with Crippen molar-refractivity contribution in [3.63, 3.8) is 0 Å². The Morgan fingerprint density at radius 1 is 1.44 bits per heavy atom. The van der Waals surface area contributed by atoms with Gasteiger partial charge < -0.3 is 10.2 Å². The van der Waals surface area contributed by atoms with E-state index in [1.54, 1.807) is 28.4 Å². The second-order valence-corrected chi connectivity index (χ2v) is 8.04. The highest BCUT2D eigenvalue weighted by Crippen LogP contribution is 2.22. The summed E-state index contributed by atoms with van der Waals surface area (Å²) >= 11 is 5.00. The van der Waals surface area contributed by atoms with Crippen molar-refractivity contribution in [2.75, 3.05) is 13.1 Å². The molecule has 0 spiro atoms. The highest BCUT2D eigenvalue weighted by atomic mass is 79.9. The molecule has 0 bridgehead atoms. The average molecular weight is 422 g/mol. The fourth-order valence-electron chi connectivity index (χ4n) is 3.02. The second kappa shape index (κ2) is 8.10. The van der Waals surface area contributed by atoms with Gasteiger partial charge in [0.1, 0.15) is 6.04 Å². The molecule has 1 fully saturated rings. The molecule has 1 aliphatic rings. The molecular formula is C18H20BrN3O2S. The highest BCUT2D eigenvalue weighted by Gasteiger charge is 2.34. The normalized spacial score (nSPS) is 16.9. The van der Waals surface area contributed by atoms with E-state index in [1.807, 2.05) is 24.4 Å². The van der Waals surface area contributed by atoms with E-state index < -0.39 is 0 Å². The van der Waals surface area contributed by atoms with E-state index >= 15 is 0 Å². The van der Waals surface area contributed by atoms with Crippen molar-refractivity contribution in [2.24, 2.45) is 0 Å². The van der Waals surface area contributed by atoms with Crippen LogP contribution < -0.4 is 5.32 Å². The zero-order chi connectivity index (χ0) is 17.8. The number of hydrogen-bond donors (Lipinski definition) is 1. The molecule has 1 N–H and O–H groups in total. The van der Waals surface area contributed by atoms with E-state index in [4.69, 9.17) is 0 Å². The van der Waals surface area contributed by atoms with E-state index in [1.165, 1.54) is 0 Å². The number of nitrogens with one attached hydrogen (secondary N) is 1. The lowest BCUT2D eigenvalue weighted by Crippen LogP contribution is -2.46. The van der Waals surface area contributed by atoms with Crippen LogP contribution in [0.25, 0.3) is 0 Å². The van der Waals surface area contributed by atoms with Gasteiger partial charge in [0, 0.05) is 34.9 Å². The fourth-order valence-corrected chi connectivity index (χ4v) is 4.07. The van der Waals surface area contributed by atoms with E-state index in [0.29, 0.717) is 31.5 Å². The Morgan fingerprint density at radius 3 is 3.00 bits per heavy atom. The number of carbonyl (C=O) groups is 2. The summed E-state index contributed by atoms with van der Waals surface area (Å²) in [5, 5.41) is 6.00. The summed E-state index contributed by atoms with van der Waals surface area (Å²) in [6.07, 6.45) is 2.27.